The van der Waals surface area contributed by atoms with Gasteiger partial charge in [-0.05, 0) is 99.3 Å². The van der Waals surface area contributed by atoms with Crippen molar-refractivity contribution in [2.45, 2.75) is 214 Å². The fourth-order valence-electron chi connectivity index (χ4n) is 10.5. The molecular formula is C78H102Cu4N10. The molecule has 14 heteroatoms. The molecule has 2 aromatic heterocycles. The van der Waals surface area contributed by atoms with E-state index < -0.39 is 0 Å². The van der Waals surface area contributed by atoms with E-state index in [9.17, 15) is 0 Å². The minimum atomic E-state index is 0. The predicted octanol–water partition coefficient (Wildman–Crippen LogP) is 25.9. The van der Waals surface area contributed by atoms with Gasteiger partial charge in [0.25, 0.3) is 0 Å². The molecule has 0 amide bonds. The molecule has 4 aromatic carbocycles. The number of benzene rings is 4. The van der Waals surface area contributed by atoms with Gasteiger partial charge in [0.2, 0.25) is 0 Å². The second-order valence-electron chi connectivity index (χ2n) is 25.7. The van der Waals surface area contributed by atoms with Gasteiger partial charge in [-0.1, -0.05) is 292 Å². The fraction of sp³-hybridized carbons (Fsp3) is 0.410. The van der Waals surface area contributed by atoms with Crippen LogP contribution in [-0.2, 0) is 68.3 Å². The summed E-state index contributed by atoms with van der Waals surface area (Å²) in [6.45, 7) is 51.5. The molecule has 0 bridgehead atoms. The van der Waals surface area contributed by atoms with E-state index in [1.165, 1.54) is 44.5 Å². The first kappa shape index (κ1) is 84.1. The molecule has 10 nitrogen and oxygen atoms in total. The summed E-state index contributed by atoms with van der Waals surface area (Å²) in [4.78, 5) is 28.4. The molecule has 0 N–H and O–H groups in total. The van der Waals surface area contributed by atoms with Gasteiger partial charge in [-0.15, -0.1) is 22.7 Å². The summed E-state index contributed by atoms with van der Waals surface area (Å²) in [5.41, 5.74) is 21.4. The Kier molecular flexibility index (Phi) is 36.9. The summed E-state index contributed by atoms with van der Waals surface area (Å²) in [7, 11) is 0. The van der Waals surface area contributed by atoms with Crippen LogP contribution in [0.4, 0.5) is 46.0 Å². The van der Waals surface area contributed by atoms with Crippen molar-refractivity contribution in [2.75, 3.05) is 0 Å². The first-order valence-electron chi connectivity index (χ1n) is 31.8. The average molecular weight is 1430 g/mol. The summed E-state index contributed by atoms with van der Waals surface area (Å²) >= 11 is 0. The molecule has 0 aliphatic rings. The zero-order valence-electron chi connectivity index (χ0n) is 59.0. The minimum Gasteiger partial charge on any atom is -0.661 e. The molecule has 0 spiro atoms. The number of para-hydroxylation sites is 4. The Hall–Kier alpha value is -5.90. The Morgan fingerprint density at radius 2 is 0.402 bits per heavy atom. The quantitative estimate of drug-likeness (QED) is 0.0441. The zero-order chi connectivity index (χ0) is 65.1. The molecule has 0 fully saturated rings. The van der Waals surface area contributed by atoms with E-state index in [0.717, 1.165) is 68.4 Å². The van der Waals surface area contributed by atoms with Gasteiger partial charge in [-0.3, -0.25) is 0 Å². The third-order valence-electron chi connectivity index (χ3n) is 14.8. The Bertz CT molecular complexity index is 3030. The third kappa shape index (κ3) is 25.8. The largest absolute Gasteiger partial charge is 1.00 e. The van der Waals surface area contributed by atoms with Crippen LogP contribution >= 0.6 is 0 Å². The molecule has 0 aliphatic heterocycles. The van der Waals surface area contributed by atoms with E-state index in [0.29, 0.717) is 70.6 Å². The van der Waals surface area contributed by atoms with Crippen LogP contribution in [-0.4, -0.2) is 32.8 Å². The molecule has 508 valence electrons. The van der Waals surface area contributed by atoms with Crippen LogP contribution in [0.1, 0.15) is 258 Å². The molecule has 0 unspecified atom stereocenters. The number of aromatic nitrogens is 2. The van der Waals surface area contributed by atoms with Gasteiger partial charge >= 0.3 is 68.3 Å². The second kappa shape index (κ2) is 40.4. The summed E-state index contributed by atoms with van der Waals surface area (Å²) in [6, 6.07) is 37.5. The number of rotatable bonds is 24. The van der Waals surface area contributed by atoms with Crippen LogP contribution in [0.3, 0.4) is 0 Å². The molecule has 92 heavy (non-hydrogen) atoms. The summed E-state index contributed by atoms with van der Waals surface area (Å²) in [6.07, 6.45) is 8.05. The third-order valence-corrected chi connectivity index (χ3v) is 14.8. The monoisotopic (exact) mass is 1430 g/mol. The summed E-state index contributed by atoms with van der Waals surface area (Å²) in [5, 5.41) is 20.2. The summed E-state index contributed by atoms with van der Waals surface area (Å²) < 4.78 is 0. The van der Waals surface area contributed by atoms with Gasteiger partial charge in [0, 0.05) is 22.8 Å². The Balaban J connectivity index is 0.000000882. The second-order valence-corrected chi connectivity index (χ2v) is 25.7. The smallest absolute Gasteiger partial charge is 0.661 e. The minimum absolute atomic E-state index is 0. The number of nitrogens with zero attached hydrogens (tertiary/aromatic N) is 10. The molecule has 6 aromatic rings. The SMILES string of the molecule is CC(/C=C(/C)[N-]c1c(C(C)C)cccc1C(C)C)=Nc1cccc(/N=C(C)/C=C(/C)[N-]c2c(C(C)C)cccc2C(C)C)n1.CC(/C=C(/C)[N-]c1c(C(C)C)cccc1C(C)C)=Nc1cccc(/N=C(C)/C=C(/C)[N-]c2c(C(C)C)cccc2C(C)C)n1.[Cu+].[Cu+].[Cu+].[Cu+]. The van der Waals surface area contributed by atoms with E-state index in [-0.39, 0.29) is 68.3 Å². The van der Waals surface area contributed by atoms with Gasteiger partial charge in [-0.25, -0.2) is 29.9 Å². The van der Waals surface area contributed by atoms with E-state index >= 15 is 0 Å². The molecular weight excluding hydrogens is 1330 g/mol. The molecule has 0 saturated heterocycles. The van der Waals surface area contributed by atoms with Crippen molar-refractivity contribution in [3.8, 4) is 0 Å². The Morgan fingerprint density at radius 1 is 0.261 bits per heavy atom. The van der Waals surface area contributed by atoms with E-state index in [2.05, 4.69) is 194 Å². The Labute approximate surface area is 598 Å². The summed E-state index contributed by atoms with van der Waals surface area (Å²) in [5.74, 6) is 5.62. The van der Waals surface area contributed by atoms with Crippen molar-refractivity contribution in [3.63, 3.8) is 0 Å². The first-order chi connectivity index (χ1) is 41.5. The van der Waals surface area contributed by atoms with Crippen LogP contribution in [0, 0.1) is 0 Å². The van der Waals surface area contributed by atoms with Crippen LogP contribution in [0.5, 0.6) is 0 Å². The molecule has 0 radical (unpaired) electrons. The van der Waals surface area contributed by atoms with Gasteiger partial charge in [0.05, 0.1) is 0 Å². The van der Waals surface area contributed by atoms with Crippen molar-refractivity contribution >= 4 is 68.9 Å². The van der Waals surface area contributed by atoms with Crippen LogP contribution in [0.25, 0.3) is 21.3 Å². The Morgan fingerprint density at radius 3 is 0.543 bits per heavy atom. The fourth-order valence-corrected chi connectivity index (χ4v) is 10.5. The van der Waals surface area contributed by atoms with Crippen LogP contribution < -0.4 is 0 Å². The van der Waals surface area contributed by atoms with Crippen molar-refractivity contribution in [1.29, 1.82) is 0 Å². The van der Waals surface area contributed by atoms with E-state index in [1.807, 2.05) is 116 Å². The van der Waals surface area contributed by atoms with Gasteiger partial charge in [-0.2, -0.15) is 22.8 Å². The number of hydrogen-bond donors (Lipinski definition) is 0. The maximum atomic E-state index is 5.05. The normalized spacial score (nSPS) is 12.9. The van der Waals surface area contributed by atoms with Crippen molar-refractivity contribution < 1.29 is 68.3 Å². The molecule has 0 aliphatic carbocycles. The number of pyridine rings is 2. The van der Waals surface area contributed by atoms with Gasteiger partial charge < -0.3 is 21.3 Å². The van der Waals surface area contributed by atoms with Crippen LogP contribution in [0.15, 0.2) is 176 Å². The topological polar surface area (TPSA) is 132 Å². The molecule has 2 heterocycles. The average Bonchev–Trinajstić information content (AvgIpc) is 1.04. The van der Waals surface area contributed by atoms with Gasteiger partial charge in [0.1, 0.15) is 0 Å². The van der Waals surface area contributed by atoms with Crippen molar-refractivity contribution in [3.05, 3.63) is 222 Å². The number of allylic oxidation sites excluding steroid dienone is 8. The first-order valence-corrected chi connectivity index (χ1v) is 31.8. The maximum absolute atomic E-state index is 5.05. The van der Waals surface area contributed by atoms with Crippen LogP contribution in [0.2, 0.25) is 0 Å². The standard InChI is InChI=1S/2C39H51N5.4Cu/c2*1-24(2)32-16-13-17-33(25(3)4)38(32)42-30(11)22-28(9)40-36-20-15-21-37(44-36)41-29(10)23-31(12)43-39-34(26(5)6)18-14-19-35(39)27(7)8;;;;/h2*13-27H,1-12H3;;;;/q2*-2;4*+1/b2*30-22-,31-23-,40-28+,41-29?;;;;. The maximum Gasteiger partial charge on any atom is 1.00 e. The molecule has 6 rings (SSSR count). The molecule has 0 atom stereocenters. The van der Waals surface area contributed by atoms with E-state index in [1.54, 1.807) is 0 Å². The number of aliphatic imine (C=N–C) groups is 4. The molecule has 0 saturated carbocycles. The predicted molar refractivity (Wildman–Crippen MR) is 385 cm³/mol. The zero-order valence-corrected chi connectivity index (χ0v) is 62.8. The van der Waals surface area contributed by atoms with Gasteiger partial charge in [0.15, 0.2) is 23.3 Å². The van der Waals surface area contributed by atoms with Crippen molar-refractivity contribution in [1.82, 2.24) is 9.97 Å². The number of hydrogen-bond acceptors (Lipinski definition) is 6. The van der Waals surface area contributed by atoms with Crippen molar-refractivity contribution in [2.24, 2.45) is 20.0 Å². The van der Waals surface area contributed by atoms with E-state index in [4.69, 9.17) is 41.2 Å².